The van der Waals surface area contributed by atoms with Gasteiger partial charge >= 0.3 is 0 Å². The van der Waals surface area contributed by atoms with Crippen LogP contribution in [0.5, 0.6) is 5.75 Å². The maximum Gasteiger partial charge on any atom is 0.143 e. The van der Waals surface area contributed by atoms with E-state index in [9.17, 15) is 5.11 Å². The maximum atomic E-state index is 9.22. The number of benzene rings is 1. The van der Waals surface area contributed by atoms with Gasteiger partial charge in [0.2, 0.25) is 0 Å². The molecule has 0 aliphatic rings. The van der Waals surface area contributed by atoms with E-state index in [1.54, 1.807) is 14.0 Å². The monoisotopic (exact) mass is 224 g/mol. The van der Waals surface area contributed by atoms with Gasteiger partial charge in [0.05, 0.1) is 18.9 Å². The first-order valence-electron chi connectivity index (χ1n) is 5.37. The fourth-order valence-corrected chi connectivity index (χ4v) is 1.45. The van der Waals surface area contributed by atoms with Crippen LogP contribution in [0.1, 0.15) is 13.3 Å². The van der Waals surface area contributed by atoms with Crippen molar-refractivity contribution in [3.05, 3.63) is 18.2 Å². The first-order valence-corrected chi connectivity index (χ1v) is 5.37. The van der Waals surface area contributed by atoms with E-state index >= 15 is 0 Å². The molecule has 1 aromatic rings. The molecule has 0 amide bonds. The number of hydrogen-bond acceptors (Lipinski definition) is 4. The summed E-state index contributed by atoms with van der Waals surface area (Å²) in [6, 6.07) is 5.67. The number of aliphatic hydroxyl groups is 1. The molecule has 0 spiro atoms. The molecule has 1 unspecified atom stereocenters. The molecule has 0 aromatic heterocycles. The Labute approximate surface area is 96.6 Å². The molecule has 3 N–H and O–H groups in total. The van der Waals surface area contributed by atoms with E-state index < -0.39 is 0 Å². The van der Waals surface area contributed by atoms with Gasteiger partial charge in [0.25, 0.3) is 0 Å². The van der Waals surface area contributed by atoms with Gasteiger partial charge in [0.1, 0.15) is 5.75 Å². The lowest BCUT2D eigenvalue weighted by Gasteiger charge is -2.21. The van der Waals surface area contributed by atoms with Crippen molar-refractivity contribution >= 4 is 11.4 Å². The van der Waals surface area contributed by atoms with Crippen molar-refractivity contribution in [2.45, 2.75) is 19.4 Å². The standard InChI is InChI=1S/C12H20N2O2/c1-9(15)6-7-14(2)10-4-5-11(13)12(8-10)16-3/h4-5,8-9,15H,6-7,13H2,1-3H3. The number of nitrogens with zero attached hydrogens (tertiary/aromatic N) is 1. The summed E-state index contributed by atoms with van der Waals surface area (Å²) in [4.78, 5) is 2.06. The lowest BCUT2D eigenvalue weighted by molar-refractivity contribution is 0.187. The number of hydrogen-bond donors (Lipinski definition) is 2. The van der Waals surface area contributed by atoms with E-state index in [1.165, 1.54) is 0 Å². The van der Waals surface area contributed by atoms with Gasteiger partial charge in [-0.1, -0.05) is 0 Å². The van der Waals surface area contributed by atoms with Crippen molar-refractivity contribution in [3.63, 3.8) is 0 Å². The van der Waals surface area contributed by atoms with Crippen LogP contribution in [0.15, 0.2) is 18.2 Å². The number of rotatable bonds is 5. The Bertz CT molecular complexity index is 340. The van der Waals surface area contributed by atoms with Crippen LogP contribution in [0.3, 0.4) is 0 Å². The highest BCUT2D eigenvalue weighted by atomic mass is 16.5. The summed E-state index contributed by atoms with van der Waals surface area (Å²) >= 11 is 0. The predicted octanol–water partition coefficient (Wildman–Crippen LogP) is 1.48. The second kappa shape index (κ2) is 5.61. The average Bonchev–Trinajstić information content (AvgIpc) is 2.26. The van der Waals surface area contributed by atoms with E-state index in [0.717, 1.165) is 18.7 Å². The molecule has 0 radical (unpaired) electrons. The van der Waals surface area contributed by atoms with Crippen LogP contribution in [0.25, 0.3) is 0 Å². The lowest BCUT2D eigenvalue weighted by Crippen LogP contribution is -2.21. The molecule has 0 fully saturated rings. The van der Waals surface area contributed by atoms with Crippen LogP contribution in [0.4, 0.5) is 11.4 Å². The molecule has 0 saturated heterocycles. The molecule has 1 atom stereocenters. The van der Waals surface area contributed by atoms with Crippen molar-refractivity contribution in [1.82, 2.24) is 0 Å². The summed E-state index contributed by atoms with van der Waals surface area (Å²) in [6.07, 6.45) is 0.460. The summed E-state index contributed by atoms with van der Waals surface area (Å²) in [7, 11) is 3.58. The summed E-state index contributed by atoms with van der Waals surface area (Å²) in [5.41, 5.74) is 7.41. The highest BCUT2D eigenvalue weighted by Crippen LogP contribution is 2.26. The SMILES string of the molecule is COc1cc(N(C)CCC(C)O)ccc1N. The number of anilines is 2. The minimum Gasteiger partial charge on any atom is -0.495 e. The largest absolute Gasteiger partial charge is 0.495 e. The highest BCUT2D eigenvalue weighted by Gasteiger charge is 2.06. The molecule has 4 nitrogen and oxygen atoms in total. The van der Waals surface area contributed by atoms with Crippen LogP contribution < -0.4 is 15.4 Å². The molecule has 0 saturated carbocycles. The van der Waals surface area contributed by atoms with Gasteiger partial charge < -0.3 is 20.5 Å². The quantitative estimate of drug-likeness (QED) is 0.744. The number of methoxy groups -OCH3 is 1. The Kier molecular flexibility index (Phi) is 4.43. The molecular formula is C12H20N2O2. The molecule has 4 heteroatoms. The van der Waals surface area contributed by atoms with Crippen LogP contribution in [-0.4, -0.2) is 31.9 Å². The van der Waals surface area contributed by atoms with E-state index in [4.69, 9.17) is 10.5 Å². The van der Waals surface area contributed by atoms with E-state index in [-0.39, 0.29) is 6.10 Å². The highest BCUT2D eigenvalue weighted by molar-refractivity contribution is 5.62. The minimum absolute atomic E-state index is 0.280. The zero-order valence-corrected chi connectivity index (χ0v) is 10.1. The minimum atomic E-state index is -0.280. The Balaban J connectivity index is 2.72. The van der Waals surface area contributed by atoms with Gasteiger partial charge in [0.15, 0.2) is 0 Å². The van der Waals surface area contributed by atoms with Crippen molar-refractivity contribution < 1.29 is 9.84 Å². The smallest absolute Gasteiger partial charge is 0.143 e. The van der Waals surface area contributed by atoms with Crippen LogP contribution in [-0.2, 0) is 0 Å². The number of nitrogens with two attached hydrogens (primary N) is 1. The van der Waals surface area contributed by atoms with E-state index in [2.05, 4.69) is 4.90 Å². The number of ether oxygens (including phenoxy) is 1. The molecule has 1 rings (SSSR count). The lowest BCUT2D eigenvalue weighted by atomic mass is 10.2. The summed E-state index contributed by atoms with van der Waals surface area (Å²) in [5, 5.41) is 9.22. The fraction of sp³-hybridized carbons (Fsp3) is 0.500. The maximum absolute atomic E-state index is 9.22. The van der Waals surface area contributed by atoms with Gasteiger partial charge in [-0.25, -0.2) is 0 Å². The predicted molar refractivity (Wildman–Crippen MR) is 67.0 cm³/mol. The molecule has 1 aromatic carbocycles. The number of nitrogen functional groups attached to an aromatic ring is 1. The first kappa shape index (κ1) is 12.6. The van der Waals surface area contributed by atoms with Crippen LogP contribution in [0.2, 0.25) is 0 Å². The Morgan fingerprint density at radius 1 is 1.50 bits per heavy atom. The van der Waals surface area contributed by atoms with Crippen molar-refractivity contribution in [3.8, 4) is 5.75 Å². The van der Waals surface area contributed by atoms with Gasteiger partial charge in [-0.15, -0.1) is 0 Å². The second-order valence-electron chi connectivity index (χ2n) is 3.99. The zero-order chi connectivity index (χ0) is 12.1. The molecule has 0 aliphatic carbocycles. The van der Waals surface area contributed by atoms with Crippen molar-refractivity contribution in [2.24, 2.45) is 0 Å². The Morgan fingerprint density at radius 3 is 2.75 bits per heavy atom. The molecule has 0 heterocycles. The molecule has 0 bridgehead atoms. The third kappa shape index (κ3) is 3.31. The number of aliphatic hydroxyl groups excluding tert-OH is 1. The Morgan fingerprint density at radius 2 is 2.19 bits per heavy atom. The topological polar surface area (TPSA) is 58.7 Å². The fourth-order valence-electron chi connectivity index (χ4n) is 1.45. The van der Waals surface area contributed by atoms with E-state index in [1.807, 2.05) is 25.2 Å². The molecule has 0 aliphatic heterocycles. The second-order valence-corrected chi connectivity index (χ2v) is 3.99. The molecule has 90 valence electrons. The van der Waals surface area contributed by atoms with Crippen molar-refractivity contribution in [1.29, 1.82) is 0 Å². The molecule has 16 heavy (non-hydrogen) atoms. The normalized spacial score (nSPS) is 12.2. The Hall–Kier alpha value is -1.42. The molecular weight excluding hydrogens is 204 g/mol. The average molecular weight is 224 g/mol. The van der Waals surface area contributed by atoms with Crippen LogP contribution >= 0.6 is 0 Å². The third-order valence-corrected chi connectivity index (χ3v) is 2.54. The van der Waals surface area contributed by atoms with Gasteiger partial charge in [-0.3, -0.25) is 0 Å². The summed E-state index contributed by atoms with van der Waals surface area (Å²) in [5.74, 6) is 0.682. The third-order valence-electron chi connectivity index (χ3n) is 2.54. The zero-order valence-electron chi connectivity index (χ0n) is 10.1. The first-order chi connectivity index (χ1) is 7.54. The van der Waals surface area contributed by atoms with Gasteiger partial charge in [-0.05, 0) is 25.5 Å². The van der Waals surface area contributed by atoms with Crippen LogP contribution in [0, 0.1) is 0 Å². The summed E-state index contributed by atoms with van der Waals surface area (Å²) in [6.45, 7) is 2.59. The van der Waals surface area contributed by atoms with Crippen molar-refractivity contribution in [2.75, 3.05) is 31.3 Å². The summed E-state index contributed by atoms with van der Waals surface area (Å²) < 4.78 is 5.16. The van der Waals surface area contributed by atoms with Gasteiger partial charge in [0, 0.05) is 25.3 Å². The van der Waals surface area contributed by atoms with Gasteiger partial charge in [-0.2, -0.15) is 0 Å². The van der Waals surface area contributed by atoms with E-state index in [0.29, 0.717) is 11.4 Å².